The monoisotopic (exact) mass is 343 g/mol. The Morgan fingerprint density at radius 1 is 1.17 bits per heavy atom. The van der Waals surface area contributed by atoms with E-state index in [1.54, 1.807) is 24.3 Å². The van der Waals surface area contributed by atoms with Gasteiger partial charge < -0.3 is 19.2 Å². The molecule has 0 unspecified atom stereocenters. The second-order valence-corrected chi connectivity index (χ2v) is 5.94. The Kier molecular flexibility index (Phi) is 3.78. The van der Waals surface area contributed by atoms with Gasteiger partial charge in [-0.15, -0.1) is 0 Å². The number of carbonyl (C=O) groups is 1. The largest absolute Gasteiger partial charge is 0.486 e. The quantitative estimate of drug-likeness (QED) is 0.788. The average molecular weight is 344 g/mol. The third-order valence-corrected chi connectivity index (χ3v) is 4.00. The lowest BCUT2D eigenvalue weighted by atomic mass is 10.2. The highest BCUT2D eigenvalue weighted by Gasteiger charge is 2.22. The minimum atomic E-state index is -0.301. The van der Waals surface area contributed by atoms with Crippen molar-refractivity contribution in [2.45, 2.75) is 6.10 Å². The molecule has 122 valence electrons. The van der Waals surface area contributed by atoms with Crippen molar-refractivity contribution in [1.82, 2.24) is 5.32 Å². The van der Waals surface area contributed by atoms with Gasteiger partial charge in [0.1, 0.15) is 18.3 Å². The van der Waals surface area contributed by atoms with Crippen LogP contribution >= 0.6 is 11.6 Å². The number of hydrogen-bond acceptors (Lipinski definition) is 4. The zero-order chi connectivity index (χ0) is 16.5. The van der Waals surface area contributed by atoms with Crippen LogP contribution in [0.25, 0.3) is 11.0 Å². The van der Waals surface area contributed by atoms with E-state index in [1.807, 2.05) is 24.3 Å². The van der Waals surface area contributed by atoms with Crippen LogP contribution in [-0.4, -0.2) is 25.2 Å². The summed E-state index contributed by atoms with van der Waals surface area (Å²) in [5.41, 5.74) is 0.621. The molecular weight excluding hydrogens is 330 g/mol. The van der Waals surface area contributed by atoms with Crippen molar-refractivity contribution in [3.05, 3.63) is 59.3 Å². The molecule has 2 heterocycles. The third kappa shape index (κ3) is 2.90. The number of carbonyl (C=O) groups excluding carboxylic acids is 1. The molecule has 1 atom stereocenters. The second kappa shape index (κ2) is 6.09. The number of benzene rings is 2. The molecule has 1 aliphatic heterocycles. The molecule has 1 amide bonds. The summed E-state index contributed by atoms with van der Waals surface area (Å²) in [5, 5.41) is 4.19. The lowest BCUT2D eigenvalue weighted by Gasteiger charge is -2.26. The molecule has 1 aromatic heterocycles. The molecule has 5 nitrogen and oxygen atoms in total. The Bertz CT molecular complexity index is 905. The summed E-state index contributed by atoms with van der Waals surface area (Å²) in [6.07, 6.45) is -0.248. The van der Waals surface area contributed by atoms with Crippen LogP contribution in [0, 0.1) is 0 Å². The highest BCUT2D eigenvalue weighted by atomic mass is 35.5. The number of rotatable bonds is 3. The van der Waals surface area contributed by atoms with Gasteiger partial charge in [-0.2, -0.15) is 0 Å². The van der Waals surface area contributed by atoms with Gasteiger partial charge in [-0.3, -0.25) is 4.79 Å². The molecule has 6 heteroatoms. The maximum absolute atomic E-state index is 12.3. The Hall–Kier alpha value is -2.66. The summed E-state index contributed by atoms with van der Waals surface area (Å²) in [5.74, 6) is 1.34. The number of hydrogen-bond donors (Lipinski definition) is 1. The van der Waals surface area contributed by atoms with Crippen LogP contribution in [0.2, 0.25) is 5.02 Å². The molecule has 0 saturated carbocycles. The lowest BCUT2D eigenvalue weighted by Crippen LogP contribution is -2.40. The van der Waals surface area contributed by atoms with E-state index >= 15 is 0 Å². The molecule has 0 radical (unpaired) electrons. The Labute approximate surface area is 143 Å². The van der Waals surface area contributed by atoms with Crippen molar-refractivity contribution < 1.29 is 18.7 Å². The molecule has 4 rings (SSSR count). The molecule has 0 spiro atoms. The van der Waals surface area contributed by atoms with E-state index in [4.69, 9.17) is 25.5 Å². The Balaban J connectivity index is 1.41. The van der Waals surface area contributed by atoms with Crippen molar-refractivity contribution in [3.8, 4) is 11.5 Å². The van der Waals surface area contributed by atoms with Crippen LogP contribution in [0.3, 0.4) is 0 Å². The van der Waals surface area contributed by atoms with Crippen molar-refractivity contribution >= 4 is 28.5 Å². The summed E-state index contributed by atoms with van der Waals surface area (Å²) in [4.78, 5) is 12.3. The van der Waals surface area contributed by atoms with Crippen LogP contribution in [0.5, 0.6) is 11.5 Å². The maximum Gasteiger partial charge on any atom is 0.287 e. The molecule has 0 aliphatic carbocycles. The number of nitrogens with one attached hydrogen (secondary N) is 1. The highest BCUT2D eigenvalue weighted by Crippen LogP contribution is 2.30. The molecule has 3 aromatic rings. The molecule has 2 aromatic carbocycles. The minimum absolute atomic E-state index is 0.240. The number of furan rings is 1. The standard InChI is InChI=1S/C18H14ClNO4/c19-12-5-6-14-11(7-12)8-17(24-14)18(21)20-9-13-10-22-15-3-1-2-4-16(15)23-13/h1-8,13H,9-10H2,(H,20,21)/t13-/m1/s1. The van der Waals surface area contributed by atoms with Gasteiger partial charge >= 0.3 is 0 Å². The van der Waals surface area contributed by atoms with Crippen molar-refractivity contribution in [2.75, 3.05) is 13.2 Å². The first-order chi connectivity index (χ1) is 11.7. The molecule has 0 bridgehead atoms. The van der Waals surface area contributed by atoms with Gasteiger partial charge in [-0.1, -0.05) is 23.7 Å². The van der Waals surface area contributed by atoms with E-state index in [0.717, 1.165) is 5.39 Å². The normalized spacial score (nSPS) is 16.1. The number of halogens is 1. The van der Waals surface area contributed by atoms with Gasteiger partial charge in [0.15, 0.2) is 17.3 Å². The molecular formula is C18H14ClNO4. The predicted molar refractivity (Wildman–Crippen MR) is 89.9 cm³/mol. The molecule has 0 fully saturated rings. The van der Waals surface area contributed by atoms with Crippen molar-refractivity contribution in [2.24, 2.45) is 0 Å². The molecule has 1 aliphatic rings. The highest BCUT2D eigenvalue weighted by molar-refractivity contribution is 6.31. The minimum Gasteiger partial charge on any atom is -0.486 e. The second-order valence-electron chi connectivity index (χ2n) is 5.50. The summed E-state index contributed by atoms with van der Waals surface area (Å²) >= 11 is 5.94. The van der Waals surface area contributed by atoms with Gasteiger partial charge in [-0.05, 0) is 36.4 Å². The van der Waals surface area contributed by atoms with Gasteiger partial charge in [0.05, 0.1) is 6.54 Å². The lowest BCUT2D eigenvalue weighted by molar-refractivity contribution is 0.0774. The summed E-state index contributed by atoms with van der Waals surface area (Å²) < 4.78 is 17.0. The Morgan fingerprint density at radius 2 is 2.00 bits per heavy atom. The molecule has 0 saturated heterocycles. The fourth-order valence-corrected chi connectivity index (χ4v) is 2.76. The zero-order valence-corrected chi connectivity index (χ0v) is 13.4. The number of amides is 1. The van der Waals surface area contributed by atoms with Crippen LogP contribution in [0.4, 0.5) is 0 Å². The average Bonchev–Trinajstić information content (AvgIpc) is 3.02. The fourth-order valence-electron chi connectivity index (χ4n) is 2.58. The third-order valence-electron chi connectivity index (χ3n) is 3.76. The van der Waals surface area contributed by atoms with Gasteiger partial charge in [0, 0.05) is 10.4 Å². The fraction of sp³-hybridized carbons (Fsp3) is 0.167. The van der Waals surface area contributed by atoms with Gasteiger partial charge in [-0.25, -0.2) is 0 Å². The van der Waals surface area contributed by atoms with E-state index in [-0.39, 0.29) is 17.8 Å². The van der Waals surface area contributed by atoms with Crippen LogP contribution in [0.15, 0.2) is 52.9 Å². The first-order valence-electron chi connectivity index (χ1n) is 7.55. The summed E-state index contributed by atoms with van der Waals surface area (Å²) in [6, 6.07) is 14.3. The van der Waals surface area contributed by atoms with Gasteiger partial charge in [0.25, 0.3) is 5.91 Å². The van der Waals surface area contributed by atoms with Crippen LogP contribution in [0.1, 0.15) is 10.6 Å². The Morgan fingerprint density at radius 3 is 2.88 bits per heavy atom. The number of para-hydroxylation sites is 2. The molecule has 24 heavy (non-hydrogen) atoms. The molecule has 1 N–H and O–H groups in total. The van der Waals surface area contributed by atoms with Crippen LogP contribution < -0.4 is 14.8 Å². The predicted octanol–water partition coefficient (Wildman–Crippen LogP) is 3.66. The maximum atomic E-state index is 12.3. The first-order valence-corrected chi connectivity index (χ1v) is 7.92. The van der Waals surface area contributed by atoms with E-state index in [0.29, 0.717) is 35.3 Å². The smallest absolute Gasteiger partial charge is 0.287 e. The van der Waals surface area contributed by atoms with E-state index in [1.165, 1.54) is 0 Å². The number of fused-ring (bicyclic) bond motifs is 2. The van der Waals surface area contributed by atoms with Crippen LogP contribution in [-0.2, 0) is 0 Å². The SMILES string of the molecule is O=C(NC[C@@H]1COc2ccccc2O1)c1cc2cc(Cl)ccc2o1. The van der Waals surface area contributed by atoms with E-state index in [9.17, 15) is 4.79 Å². The van der Waals surface area contributed by atoms with E-state index in [2.05, 4.69) is 5.32 Å². The van der Waals surface area contributed by atoms with Gasteiger partial charge in [0.2, 0.25) is 0 Å². The van der Waals surface area contributed by atoms with Crippen molar-refractivity contribution in [1.29, 1.82) is 0 Å². The topological polar surface area (TPSA) is 60.7 Å². The van der Waals surface area contributed by atoms with E-state index < -0.39 is 0 Å². The summed E-state index contributed by atoms with van der Waals surface area (Å²) in [7, 11) is 0. The number of ether oxygens (including phenoxy) is 2. The first kappa shape index (κ1) is 14.9. The van der Waals surface area contributed by atoms with Crippen molar-refractivity contribution in [3.63, 3.8) is 0 Å². The zero-order valence-electron chi connectivity index (χ0n) is 12.6. The summed E-state index contributed by atoms with van der Waals surface area (Å²) in [6.45, 7) is 0.706.